The third-order valence-electron chi connectivity index (χ3n) is 4.67. The lowest BCUT2D eigenvalue weighted by Gasteiger charge is -2.20. The molecule has 4 rings (SSSR count). The van der Waals surface area contributed by atoms with Gasteiger partial charge in [-0.05, 0) is 5.56 Å². The normalized spacial score (nSPS) is 18.7. The molecule has 2 atom stereocenters. The number of aryl methyl sites for hydroxylation is 1. The van der Waals surface area contributed by atoms with Crippen molar-refractivity contribution in [1.29, 1.82) is 0 Å². The molecule has 1 saturated heterocycles. The van der Waals surface area contributed by atoms with Crippen LogP contribution in [0.4, 0.5) is 5.82 Å². The van der Waals surface area contributed by atoms with Crippen molar-refractivity contribution >= 4 is 11.7 Å². The van der Waals surface area contributed by atoms with E-state index >= 15 is 0 Å². The summed E-state index contributed by atoms with van der Waals surface area (Å²) in [5, 5.41) is 7.03. The monoisotopic (exact) mass is 394 g/mol. The summed E-state index contributed by atoms with van der Waals surface area (Å²) in [6.07, 6.45) is 4.71. The molecule has 0 spiro atoms. The van der Waals surface area contributed by atoms with Gasteiger partial charge in [-0.25, -0.2) is 9.97 Å². The lowest BCUT2D eigenvalue weighted by molar-refractivity contribution is 0.0218. The van der Waals surface area contributed by atoms with Crippen LogP contribution in [0.2, 0.25) is 0 Å². The summed E-state index contributed by atoms with van der Waals surface area (Å²) in [4.78, 5) is 21.3. The highest BCUT2D eigenvalue weighted by Gasteiger charge is 2.31. The number of carbonyl (C=O) groups excluding carboxylic acids is 1. The van der Waals surface area contributed by atoms with Crippen molar-refractivity contribution in [3.8, 4) is 11.3 Å². The maximum Gasteiger partial charge on any atom is 0.274 e. The van der Waals surface area contributed by atoms with Gasteiger partial charge >= 0.3 is 0 Å². The number of rotatable bonds is 6. The molecule has 29 heavy (non-hydrogen) atoms. The van der Waals surface area contributed by atoms with Crippen LogP contribution in [-0.2, 0) is 23.1 Å². The molecular weight excluding hydrogens is 372 g/mol. The zero-order valence-corrected chi connectivity index (χ0v) is 16.0. The first-order valence-electron chi connectivity index (χ1n) is 9.26. The van der Waals surface area contributed by atoms with Gasteiger partial charge in [-0.2, -0.15) is 5.10 Å². The molecule has 1 fully saturated rings. The molecule has 0 unspecified atom stereocenters. The van der Waals surface area contributed by atoms with Gasteiger partial charge < -0.3 is 20.5 Å². The van der Waals surface area contributed by atoms with Crippen molar-refractivity contribution in [3.63, 3.8) is 0 Å². The number of benzene rings is 1. The van der Waals surface area contributed by atoms with Gasteiger partial charge in [0.2, 0.25) is 0 Å². The summed E-state index contributed by atoms with van der Waals surface area (Å²) in [5.41, 5.74) is 8.31. The molecule has 0 bridgehead atoms. The summed E-state index contributed by atoms with van der Waals surface area (Å²) >= 11 is 0. The first-order valence-corrected chi connectivity index (χ1v) is 9.26. The molecule has 0 radical (unpaired) electrons. The van der Waals surface area contributed by atoms with Crippen LogP contribution < -0.4 is 11.1 Å². The lowest BCUT2D eigenvalue weighted by Crippen LogP contribution is -2.44. The molecule has 1 aliphatic rings. The number of aromatic nitrogens is 4. The maximum absolute atomic E-state index is 12.8. The van der Waals surface area contributed by atoms with Gasteiger partial charge in [-0.15, -0.1) is 0 Å². The van der Waals surface area contributed by atoms with Crippen molar-refractivity contribution in [2.24, 2.45) is 7.05 Å². The van der Waals surface area contributed by atoms with Gasteiger partial charge in [0.05, 0.1) is 44.0 Å². The van der Waals surface area contributed by atoms with E-state index < -0.39 is 5.91 Å². The van der Waals surface area contributed by atoms with Crippen LogP contribution >= 0.6 is 0 Å². The number of carbonyl (C=O) groups is 1. The first-order chi connectivity index (χ1) is 14.1. The number of nitrogens with two attached hydrogens (primary N) is 1. The minimum Gasteiger partial charge on any atom is -0.382 e. The van der Waals surface area contributed by atoms with Gasteiger partial charge in [-0.3, -0.25) is 9.48 Å². The van der Waals surface area contributed by atoms with Gasteiger partial charge in [0, 0.05) is 18.8 Å². The van der Waals surface area contributed by atoms with Crippen molar-refractivity contribution in [2.75, 3.05) is 18.9 Å². The summed E-state index contributed by atoms with van der Waals surface area (Å²) < 4.78 is 13.1. The number of nitrogens with zero attached hydrogens (tertiary/aromatic N) is 4. The average molecular weight is 394 g/mol. The summed E-state index contributed by atoms with van der Waals surface area (Å²) in [7, 11) is 1.80. The fourth-order valence-electron chi connectivity index (χ4n) is 3.11. The third-order valence-corrected chi connectivity index (χ3v) is 4.67. The highest BCUT2D eigenvalue weighted by atomic mass is 16.5. The number of hydrogen-bond donors (Lipinski definition) is 2. The summed E-state index contributed by atoms with van der Waals surface area (Å²) in [6, 6.07) is 9.55. The Bertz CT molecular complexity index is 991. The molecular formula is C20H22N6O3. The Labute approximate surface area is 167 Å². The largest absolute Gasteiger partial charge is 0.382 e. The first kappa shape index (κ1) is 19.0. The van der Waals surface area contributed by atoms with Crippen molar-refractivity contribution in [3.05, 3.63) is 60.2 Å². The molecule has 0 aliphatic carbocycles. The minimum atomic E-state index is -0.412. The Kier molecular flexibility index (Phi) is 5.50. The van der Waals surface area contributed by atoms with Crippen molar-refractivity contribution in [1.82, 2.24) is 25.1 Å². The van der Waals surface area contributed by atoms with Gasteiger partial charge in [0.25, 0.3) is 5.91 Å². The lowest BCUT2D eigenvalue weighted by atomic mass is 10.2. The SMILES string of the molecule is Cn1cc(-c2cnc(N)c(C(=O)N[C@H]3COC[C@H]3OCc3ccccc3)n2)cn1. The van der Waals surface area contributed by atoms with Crippen LogP contribution in [-0.4, -0.2) is 51.0 Å². The number of nitrogens with one attached hydrogen (secondary N) is 1. The Morgan fingerprint density at radius 2 is 2.14 bits per heavy atom. The Balaban J connectivity index is 1.44. The predicted octanol–water partition coefficient (Wildman–Crippen LogP) is 1.17. The van der Waals surface area contributed by atoms with Crippen molar-refractivity contribution < 1.29 is 14.3 Å². The standard InChI is InChI=1S/C20H22N6O3/c1-26-9-14(7-23-26)15-8-22-19(21)18(24-15)20(27)25-16-11-28-12-17(16)29-10-13-5-3-2-4-6-13/h2-9,16-17H,10-12H2,1H3,(H2,21,22)(H,25,27)/t16-,17+/m0/s1. The van der Waals surface area contributed by atoms with Crippen LogP contribution in [0, 0.1) is 0 Å². The molecule has 3 aromatic rings. The molecule has 150 valence electrons. The Hall–Kier alpha value is -3.30. The number of amides is 1. The van der Waals surface area contributed by atoms with E-state index in [1.807, 2.05) is 30.3 Å². The smallest absolute Gasteiger partial charge is 0.274 e. The predicted molar refractivity (Wildman–Crippen MR) is 106 cm³/mol. The summed E-state index contributed by atoms with van der Waals surface area (Å²) in [6.45, 7) is 1.22. The van der Waals surface area contributed by atoms with E-state index in [0.717, 1.165) is 11.1 Å². The van der Waals surface area contributed by atoms with Gasteiger partial charge in [0.15, 0.2) is 11.5 Å². The van der Waals surface area contributed by atoms with E-state index in [0.29, 0.717) is 25.5 Å². The maximum atomic E-state index is 12.8. The second-order valence-corrected chi connectivity index (χ2v) is 6.84. The van der Waals surface area contributed by atoms with Crippen LogP contribution in [0.1, 0.15) is 16.1 Å². The Morgan fingerprint density at radius 3 is 2.90 bits per heavy atom. The second kappa shape index (κ2) is 8.38. The van der Waals surface area contributed by atoms with E-state index in [9.17, 15) is 4.79 Å². The highest BCUT2D eigenvalue weighted by Crippen LogP contribution is 2.19. The zero-order chi connectivity index (χ0) is 20.2. The zero-order valence-electron chi connectivity index (χ0n) is 16.0. The van der Waals surface area contributed by atoms with E-state index in [1.54, 1.807) is 24.1 Å². The van der Waals surface area contributed by atoms with Crippen LogP contribution in [0.5, 0.6) is 0 Å². The second-order valence-electron chi connectivity index (χ2n) is 6.84. The number of ether oxygens (including phenoxy) is 2. The topological polar surface area (TPSA) is 117 Å². The van der Waals surface area contributed by atoms with Crippen LogP contribution in [0.25, 0.3) is 11.3 Å². The molecule has 9 nitrogen and oxygen atoms in total. The van der Waals surface area contributed by atoms with E-state index in [2.05, 4.69) is 20.4 Å². The highest BCUT2D eigenvalue weighted by molar-refractivity contribution is 5.97. The minimum absolute atomic E-state index is 0.0656. The Morgan fingerprint density at radius 1 is 1.31 bits per heavy atom. The van der Waals surface area contributed by atoms with Crippen molar-refractivity contribution in [2.45, 2.75) is 18.8 Å². The van der Waals surface area contributed by atoms with Crippen LogP contribution in [0.15, 0.2) is 48.9 Å². The molecule has 2 aromatic heterocycles. The van der Waals surface area contributed by atoms with Gasteiger partial charge in [-0.1, -0.05) is 30.3 Å². The fourth-order valence-corrected chi connectivity index (χ4v) is 3.11. The van der Waals surface area contributed by atoms with Gasteiger partial charge in [0.1, 0.15) is 6.10 Å². The van der Waals surface area contributed by atoms with E-state index in [4.69, 9.17) is 15.2 Å². The fraction of sp³-hybridized carbons (Fsp3) is 0.300. The molecule has 3 N–H and O–H groups in total. The number of anilines is 1. The molecule has 1 amide bonds. The van der Waals surface area contributed by atoms with E-state index in [1.165, 1.54) is 6.20 Å². The number of hydrogen-bond acceptors (Lipinski definition) is 7. The quantitative estimate of drug-likeness (QED) is 0.644. The third kappa shape index (κ3) is 4.41. The molecule has 3 heterocycles. The molecule has 9 heteroatoms. The molecule has 1 aliphatic heterocycles. The van der Waals surface area contributed by atoms with Crippen LogP contribution in [0.3, 0.4) is 0 Å². The van der Waals surface area contributed by atoms with E-state index in [-0.39, 0.29) is 23.7 Å². The molecule has 1 aromatic carbocycles. The molecule has 0 saturated carbocycles. The summed E-state index contributed by atoms with van der Waals surface area (Å²) in [5.74, 6) is -0.347. The number of nitrogen functional groups attached to an aromatic ring is 1. The average Bonchev–Trinajstić information content (AvgIpc) is 3.36.